The van der Waals surface area contributed by atoms with Crippen molar-refractivity contribution >= 4 is 5.97 Å². The van der Waals surface area contributed by atoms with Crippen LogP contribution in [0.25, 0.3) is 0 Å². The fourth-order valence-corrected chi connectivity index (χ4v) is 4.75. The van der Waals surface area contributed by atoms with Gasteiger partial charge in [-0.25, -0.2) is 4.79 Å². The van der Waals surface area contributed by atoms with Crippen molar-refractivity contribution in [1.29, 1.82) is 0 Å². The Hall–Kier alpha value is -0.830. The van der Waals surface area contributed by atoms with Crippen LogP contribution in [0.1, 0.15) is 136 Å². The van der Waals surface area contributed by atoms with Crippen molar-refractivity contribution in [2.24, 2.45) is 0 Å². The molecule has 0 saturated carbocycles. The van der Waals surface area contributed by atoms with Crippen molar-refractivity contribution in [3.8, 4) is 0 Å². The normalized spacial score (nSPS) is 11.6. The number of nitrogens with zero attached hydrogens (tertiary/aromatic N) is 1. The number of hydrogen-bond acceptors (Lipinski definition) is 2. The molecule has 3 heteroatoms. The Bertz CT molecular complexity index is 381. The second-order valence-electron chi connectivity index (χ2n) is 9.91. The number of quaternary nitrogens is 1. The SMILES string of the molecule is C=CC(=O)OCC[N+](CCCCCCCC)(CCCCCCCC)CCCCCCCC. The van der Waals surface area contributed by atoms with Gasteiger partial charge in [-0.2, -0.15) is 0 Å². The van der Waals surface area contributed by atoms with Crippen LogP contribution in [0.5, 0.6) is 0 Å². The van der Waals surface area contributed by atoms with Gasteiger partial charge in [-0.05, 0) is 38.5 Å². The minimum atomic E-state index is -0.276. The largest absolute Gasteiger partial charge is 0.457 e. The third-order valence-corrected chi connectivity index (χ3v) is 6.93. The third-order valence-electron chi connectivity index (χ3n) is 6.93. The second-order valence-corrected chi connectivity index (χ2v) is 9.91. The zero-order valence-corrected chi connectivity index (χ0v) is 22.3. The first-order chi connectivity index (χ1) is 15.6. The number of carbonyl (C=O) groups excluding carboxylic acids is 1. The number of unbranched alkanes of at least 4 members (excludes halogenated alkanes) is 15. The van der Waals surface area contributed by atoms with E-state index in [2.05, 4.69) is 27.4 Å². The fourth-order valence-electron chi connectivity index (χ4n) is 4.75. The van der Waals surface area contributed by atoms with Gasteiger partial charge in [0.25, 0.3) is 0 Å². The quantitative estimate of drug-likeness (QED) is 0.0599. The summed E-state index contributed by atoms with van der Waals surface area (Å²) >= 11 is 0. The predicted octanol–water partition coefficient (Wildman–Crippen LogP) is 8.61. The van der Waals surface area contributed by atoms with Crippen LogP contribution >= 0.6 is 0 Å². The van der Waals surface area contributed by atoms with Crippen molar-refractivity contribution in [3.63, 3.8) is 0 Å². The minimum absolute atomic E-state index is 0.276. The molecule has 0 rings (SSSR count). The van der Waals surface area contributed by atoms with Crippen LogP contribution in [0.4, 0.5) is 0 Å². The molecule has 0 bridgehead atoms. The highest BCUT2D eigenvalue weighted by atomic mass is 16.5. The van der Waals surface area contributed by atoms with Crippen molar-refractivity contribution < 1.29 is 14.0 Å². The Balaban J connectivity index is 4.83. The molecular weight excluding hydrogens is 394 g/mol. The highest BCUT2D eigenvalue weighted by Gasteiger charge is 2.26. The molecule has 0 aromatic rings. The van der Waals surface area contributed by atoms with E-state index in [1.54, 1.807) is 0 Å². The molecule has 0 amide bonds. The summed E-state index contributed by atoms with van der Waals surface area (Å²) in [6.45, 7) is 15.7. The summed E-state index contributed by atoms with van der Waals surface area (Å²) in [5, 5.41) is 0. The van der Waals surface area contributed by atoms with Crippen LogP contribution in [0.15, 0.2) is 12.7 Å². The molecule has 0 N–H and O–H groups in total. The minimum Gasteiger partial charge on any atom is -0.457 e. The van der Waals surface area contributed by atoms with Gasteiger partial charge in [0.2, 0.25) is 0 Å². The lowest BCUT2D eigenvalue weighted by molar-refractivity contribution is -0.929. The highest BCUT2D eigenvalue weighted by Crippen LogP contribution is 2.18. The van der Waals surface area contributed by atoms with Gasteiger partial charge in [0.15, 0.2) is 0 Å². The van der Waals surface area contributed by atoms with E-state index < -0.39 is 0 Å². The molecule has 0 saturated heterocycles. The standard InChI is InChI=1S/C29H58NO2/c1-5-9-12-15-18-21-24-30(27-28-32-29(31)8-4,25-22-19-16-13-10-6-2)26-23-20-17-14-11-7-3/h8H,4-7,9-28H2,1-3H3/q+1. The number of esters is 1. The first-order valence-electron chi connectivity index (χ1n) is 14.3. The summed E-state index contributed by atoms with van der Waals surface area (Å²) < 4.78 is 6.60. The van der Waals surface area contributed by atoms with Gasteiger partial charge < -0.3 is 9.22 Å². The molecule has 0 fully saturated rings. The Morgan fingerprint density at radius 1 is 0.594 bits per heavy atom. The molecule has 0 aliphatic carbocycles. The van der Waals surface area contributed by atoms with Crippen molar-refractivity contribution in [2.75, 3.05) is 32.8 Å². The average molecular weight is 453 g/mol. The molecule has 0 radical (unpaired) electrons. The van der Waals surface area contributed by atoms with Crippen LogP contribution in [0, 0.1) is 0 Å². The van der Waals surface area contributed by atoms with Crippen molar-refractivity contribution in [3.05, 3.63) is 12.7 Å². The first-order valence-corrected chi connectivity index (χ1v) is 14.3. The van der Waals surface area contributed by atoms with Crippen LogP contribution in [-0.2, 0) is 9.53 Å². The zero-order valence-electron chi connectivity index (χ0n) is 22.3. The molecule has 0 spiro atoms. The number of rotatable bonds is 25. The second kappa shape index (κ2) is 23.3. The lowest BCUT2D eigenvalue weighted by Gasteiger charge is -2.39. The molecule has 0 unspecified atom stereocenters. The lowest BCUT2D eigenvalue weighted by Crippen LogP contribution is -2.52. The predicted molar refractivity (Wildman–Crippen MR) is 141 cm³/mol. The Labute approximate surface area is 202 Å². The topological polar surface area (TPSA) is 26.3 Å². The fraction of sp³-hybridized carbons (Fsp3) is 0.897. The smallest absolute Gasteiger partial charge is 0.330 e. The Morgan fingerprint density at radius 2 is 0.938 bits per heavy atom. The van der Waals surface area contributed by atoms with Crippen LogP contribution in [0.3, 0.4) is 0 Å². The maximum absolute atomic E-state index is 11.6. The molecule has 0 aliphatic rings. The van der Waals surface area contributed by atoms with Gasteiger partial charge in [0.05, 0.1) is 19.6 Å². The van der Waals surface area contributed by atoms with E-state index in [1.165, 1.54) is 141 Å². The lowest BCUT2D eigenvalue weighted by atomic mass is 10.1. The van der Waals surface area contributed by atoms with Gasteiger partial charge in [0, 0.05) is 6.08 Å². The van der Waals surface area contributed by atoms with Crippen LogP contribution < -0.4 is 0 Å². The molecule has 32 heavy (non-hydrogen) atoms. The molecule has 0 aromatic carbocycles. The van der Waals surface area contributed by atoms with E-state index >= 15 is 0 Å². The molecular formula is C29H58NO2+. The monoisotopic (exact) mass is 452 g/mol. The average Bonchev–Trinajstić information content (AvgIpc) is 2.80. The molecule has 190 valence electrons. The van der Waals surface area contributed by atoms with Gasteiger partial charge in [-0.15, -0.1) is 0 Å². The zero-order chi connectivity index (χ0) is 23.8. The van der Waals surface area contributed by atoms with E-state index in [9.17, 15) is 4.79 Å². The maximum atomic E-state index is 11.6. The van der Waals surface area contributed by atoms with Crippen LogP contribution in [0.2, 0.25) is 0 Å². The van der Waals surface area contributed by atoms with Gasteiger partial charge in [-0.1, -0.05) is 104 Å². The Morgan fingerprint density at radius 3 is 1.28 bits per heavy atom. The van der Waals surface area contributed by atoms with E-state index in [1.807, 2.05) is 0 Å². The summed E-state index contributed by atoms with van der Waals surface area (Å²) in [5.41, 5.74) is 0. The number of carbonyl (C=O) groups is 1. The van der Waals surface area contributed by atoms with Crippen LogP contribution in [-0.4, -0.2) is 43.2 Å². The van der Waals surface area contributed by atoms with E-state index in [4.69, 9.17) is 4.74 Å². The summed E-state index contributed by atoms with van der Waals surface area (Å²) in [7, 11) is 0. The van der Waals surface area contributed by atoms with Crippen molar-refractivity contribution in [1.82, 2.24) is 0 Å². The van der Waals surface area contributed by atoms with E-state index in [-0.39, 0.29) is 5.97 Å². The summed E-state index contributed by atoms with van der Waals surface area (Å²) in [5.74, 6) is -0.276. The van der Waals surface area contributed by atoms with Gasteiger partial charge in [-0.3, -0.25) is 0 Å². The van der Waals surface area contributed by atoms with Gasteiger partial charge in [0.1, 0.15) is 13.2 Å². The molecule has 0 aliphatic heterocycles. The summed E-state index contributed by atoms with van der Waals surface area (Å²) in [6, 6.07) is 0. The molecule has 0 atom stereocenters. The first kappa shape index (κ1) is 31.2. The molecule has 0 heterocycles. The van der Waals surface area contributed by atoms with E-state index in [0.29, 0.717) is 6.61 Å². The Kier molecular flexibility index (Phi) is 22.7. The van der Waals surface area contributed by atoms with Gasteiger partial charge >= 0.3 is 5.97 Å². The molecule has 3 nitrogen and oxygen atoms in total. The highest BCUT2D eigenvalue weighted by molar-refractivity contribution is 5.81. The third kappa shape index (κ3) is 18.7. The van der Waals surface area contributed by atoms with E-state index in [0.717, 1.165) is 11.0 Å². The number of hydrogen-bond donors (Lipinski definition) is 0. The number of ether oxygens (including phenoxy) is 1. The van der Waals surface area contributed by atoms with Crippen molar-refractivity contribution in [2.45, 2.75) is 136 Å². The summed E-state index contributed by atoms with van der Waals surface area (Å²) in [4.78, 5) is 11.6. The maximum Gasteiger partial charge on any atom is 0.330 e. The summed E-state index contributed by atoms with van der Waals surface area (Å²) in [6.07, 6.45) is 25.5. The molecule has 0 aromatic heterocycles.